The van der Waals surface area contributed by atoms with Gasteiger partial charge in [-0.3, -0.25) is 14.0 Å². The number of aromatic nitrogens is 7. The van der Waals surface area contributed by atoms with Crippen molar-refractivity contribution in [3.05, 3.63) is 478 Å². The quantitative estimate of drug-likeness (QED) is 0.0803. The maximum absolute atomic E-state index is 13.3. The summed E-state index contributed by atoms with van der Waals surface area (Å²) in [7, 11) is 0. The molecule has 0 saturated heterocycles. The number of pyridine rings is 7. The van der Waals surface area contributed by atoms with Gasteiger partial charge in [0, 0.05) is 182 Å². The van der Waals surface area contributed by atoms with Gasteiger partial charge in [-0.25, -0.2) is 0 Å². The number of aliphatic hydroxyl groups excluding tert-OH is 2. The summed E-state index contributed by atoms with van der Waals surface area (Å²) in [6, 6.07) is 137. The Labute approximate surface area is 852 Å². The van der Waals surface area contributed by atoms with E-state index in [1.165, 1.54) is 111 Å². The van der Waals surface area contributed by atoms with Crippen LogP contribution in [0.4, 0.5) is 4.39 Å². The van der Waals surface area contributed by atoms with E-state index < -0.39 is 0 Å². The Kier molecular flexibility index (Phi) is 46.9. The van der Waals surface area contributed by atoms with Crippen LogP contribution in [-0.2, 0) is 130 Å². The van der Waals surface area contributed by atoms with E-state index in [1.54, 1.807) is 25.4 Å². The summed E-state index contributed by atoms with van der Waals surface area (Å²) in [5, 5.41) is 30.8. The third kappa shape index (κ3) is 32.3. The summed E-state index contributed by atoms with van der Waals surface area (Å²) in [5.41, 5.74) is 16.9. The molecule has 18 heteroatoms. The van der Waals surface area contributed by atoms with Crippen LogP contribution >= 0.6 is 0 Å². The number of benzene rings is 13. The molecule has 0 unspecified atom stereocenters. The third-order valence-corrected chi connectivity index (χ3v) is 19.2. The Balaban J connectivity index is 0.000000230. The second kappa shape index (κ2) is 57.1. The zero-order chi connectivity index (χ0) is 88.2. The van der Waals surface area contributed by atoms with Crippen LogP contribution in [0.2, 0.25) is 0 Å². The first-order valence-corrected chi connectivity index (χ1v) is 40.7. The van der Waals surface area contributed by atoms with E-state index in [-0.39, 0.29) is 150 Å². The fourth-order valence-electron chi connectivity index (χ4n) is 13.3. The summed E-state index contributed by atoms with van der Waals surface area (Å²) in [4.78, 5) is 50.9. The molecule has 7 aromatic heterocycles. The molecular formula is C114H89FIr6N7O4-7. The molecule has 13 aromatic carbocycles. The zero-order valence-electron chi connectivity index (χ0n) is 72.8. The van der Waals surface area contributed by atoms with Crippen LogP contribution in [0.3, 0.4) is 0 Å². The number of carbonyl (C=O) groups is 2. The maximum atomic E-state index is 13.3. The molecular weight excluding hydrogens is 2700 g/mol. The van der Waals surface area contributed by atoms with Crippen molar-refractivity contribution in [1.29, 1.82) is 0 Å². The molecule has 0 fully saturated rings. The van der Waals surface area contributed by atoms with Crippen molar-refractivity contribution in [2.75, 3.05) is 0 Å². The van der Waals surface area contributed by atoms with Crippen LogP contribution in [0.25, 0.3) is 143 Å². The van der Waals surface area contributed by atoms with Gasteiger partial charge >= 0.3 is 0 Å². The molecule has 0 amide bonds. The molecule has 0 spiro atoms. The Morgan fingerprint density at radius 2 is 0.515 bits per heavy atom. The van der Waals surface area contributed by atoms with Crippen molar-refractivity contribution in [2.24, 2.45) is 0 Å². The fraction of sp³-hybridized carbons (Fsp3) is 0.0614. The second-order valence-electron chi connectivity index (χ2n) is 28.8. The molecule has 20 rings (SSSR count). The van der Waals surface area contributed by atoms with Crippen LogP contribution < -0.4 is 0 Å². The summed E-state index contributed by atoms with van der Waals surface area (Å²) in [6.07, 6.45) is 15.1. The molecule has 672 valence electrons. The molecule has 132 heavy (non-hydrogen) atoms. The summed E-state index contributed by atoms with van der Waals surface area (Å²) in [5.74, 6) is -0.362. The first kappa shape index (κ1) is 108. The number of allylic oxidation sites excluding steroid dienone is 4. The van der Waals surface area contributed by atoms with E-state index in [2.05, 4.69) is 176 Å². The summed E-state index contributed by atoms with van der Waals surface area (Å²) >= 11 is 0. The third-order valence-electron chi connectivity index (χ3n) is 19.2. The van der Waals surface area contributed by atoms with Crippen LogP contribution in [0.1, 0.15) is 44.4 Å². The van der Waals surface area contributed by atoms with E-state index >= 15 is 0 Å². The Morgan fingerprint density at radius 3 is 0.742 bits per heavy atom. The predicted octanol–water partition coefficient (Wildman–Crippen LogP) is 27.9. The Bertz CT molecular complexity index is 6520. The number of hydrogen-bond acceptors (Lipinski definition) is 11. The van der Waals surface area contributed by atoms with Crippen LogP contribution in [-0.4, -0.2) is 56.7 Å². The van der Waals surface area contributed by atoms with Gasteiger partial charge in [0.25, 0.3) is 0 Å². The molecule has 2 N–H and O–H groups in total. The monoisotopic (exact) mass is 2800 g/mol. The number of carbonyl (C=O) groups excluding carboxylic acids is 2. The van der Waals surface area contributed by atoms with E-state index in [0.29, 0.717) is 5.56 Å². The van der Waals surface area contributed by atoms with Gasteiger partial charge in [-0.1, -0.05) is 184 Å². The normalized spacial score (nSPS) is 10.1. The smallest absolute Gasteiger partial charge is 0.155 e. The average molecular weight is 2790 g/mol. The van der Waals surface area contributed by atoms with Crippen LogP contribution in [0, 0.1) is 69.1 Å². The van der Waals surface area contributed by atoms with Crippen LogP contribution in [0.15, 0.2) is 413 Å². The first-order chi connectivity index (χ1) is 61.5. The number of halogens is 1. The molecule has 0 aliphatic heterocycles. The predicted molar refractivity (Wildman–Crippen MR) is 513 cm³/mol. The second-order valence-corrected chi connectivity index (χ2v) is 28.8. The number of rotatable bonds is 9. The van der Waals surface area contributed by atoms with Gasteiger partial charge < -0.3 is 45.1 Å². The zero-order valence-corrected chi connectivity index (χ0v) is 87.2. The van der Waals surface area contributed by atoms with Crippen LogP contribution in [0.5, 0.6) is 0 Å². The number of nitrogens with zero attached hydrogens (tertiary/aromatic N) is 7. The minimum atomic E-state index is -0.237. The minimum absolute atomic E-state index is 0. The largest absolute Gasteiger partial charge is 0.512 e. The molecule has 0 saturated carbocycles. The Hall–Kier alpha value is -12.3. The molecule has 0 atom stereocenters. The van der Waals surface area contributed by atoms with Gasteiger partial charge in [0.05, 0.1) is 11.5 Å². The number of ketones is 2. The standard InChI is InChI=1S/C16H11FN.2C16H12N.3C15H10N.C11H8N.2C5H8O2.6Ir/c1-11-10-13(6-7-15(11)17)16-14-5-3-2-4-12(14)8-9-18-16;2*1-12-6-8-14(9-7-12)16-15-5-3-2-4-13(15)10-11-17-16;3*1-2-7-13(8-3-1)15-14-9-5-4-6-12(14)10-11-16-15;1-2-6-10(7-3-1)11-8-4-5-9-12-11;2*1-4(6)3-5(2)7;;;;;;/h2-5,7-10H,1H3;2*2-8,10-11H,1H3;3*1-7,9-11H;1-6,8-9H;2*3,6H,1-2H3;;;;;;/q7*-1;;;;;;;;. The molecule has 11 nitrogen and oxygen atoms in total. The topological polar surface area (TPSA) is 165 Å². The van der Waals surface area contributed by atoms with Gasteiger partial charge in [0.2, 0.25) is 0 Å². The summed E-state index contributed by atoms with van der Waals surface area (Å²) < 4.78 is 13.3. The molecule has 0 aliphatic rings. The molecule has 6 radical (unpaired) electrons. The van der Waals surface area contributed by atoms with E-state index in [9.17, 15) is 14.0 Å². The number of hydrogen-bond donors (Lipinski definition) is 2. The Morgan fingerprint density at radius 1 is 0.265 bits per heavy atom. The van der Waals surface area contributed by atoms with Crippen molar-refractivity contribution >= 4 is 76.2 Å². The number of aryl methyl sites for hydroxylation is 3. The van der Waals surface area contributed by atoms with Crippen molar-refractivity contribution in [1.82, 2.24) is 34.9 Å². The number of fused-ring (bicyclic) bond motifs is 6. The minimum Gasteiger partial charge on any atom is -0.512 e. The molecule has 0 bridgehead atoms. The van der Waals surface area contributed by atoms with E-state index in [1.807, 2.05) is 280 Å². The average Bonchev–Trinajstić information content (AvgIpc) is 0.831. The first-order valence-electron chi connectivity index (χ1n) is 40.7. The summed E-state index contributed by atoms with van der Waals surface area (Å²) in [6.45, 7) is 11.6. The fourth-order valence-corrected chi connectivity index (χ4v) is 13.3. The van der Waals surface area contributed by atoms with Gasteiger partial charge in [-0.15, -0.1) is 238 Å². The van der Waals surface area contributed by atoms with Gasteiger partial charge in [-0.2, -0.15) is 0 Å². The van der Waals surface area contributed by atoms with Crippen molar-refractivity contribution in [2.45, 2.75) is 48.5 Å². The molecule has 7 heterocycles. The maximum Gasteiger partial charge on any atom is 0.155 e. The molecule has 20 aromatic rings. The van der Waals surface area contributed by atoms with Gasteiger partial charge in [-0.05, 0) is 175 Å². The van der Waals surface area contributed by atoms with Gasteiger partial charge in [0.1, 0.15) is 0 Å². The van der Waals surface area contributed by atoms with Crippen molar-refractivity contribution in [3.63, 3.8) is 0 Å². The van der Waals surface area contributed by atoms with E-state index in [4.69, 9.17) is 10.2 Å². The van der Waals surface area contributed by atoms with Crippen molar-refractivity contribution in [3.8, 4) is 78.8 Å². The molecule has 0 aliphatic carbocycles. The number of aliphatic hydroxyl groups is 2. The van der Waals surface area contributed by atoms with Gasteiger partial charge in [0.15, 0.2) is 11.6 Å². The van der Waals surface area contributed by atoms with Crippen molar-refractivity contribution < 1.29 is 145 Å². The van der Waals surface area contributed by atoms with E-state index in [0.717, 1.165) is 89.6 Å². The SMILES string of the molecule is CC(=O)C=C(C)O.CC(=O)C=C(C)O.Cc1c[c-]c(-c2nccc3ccccc23)cc1.Cc1c[c-]c(-c2nccc3ccccc23)cc1.Cc1cc(-c2nccc3ccccc23)[c-]cc1F.[Ir].[Ir].[Ir].[Ir].[Ir].[Ir].[c-]1ccccc1-c1ccccn1.[c-]1ccccc1-c1nccc2ccccc12.[c-]1ccccc1-c1nccc2ccccc12.[c-]1ccccc1-c1nccc2ccccc12.